The molecule has 3 aromatic carbocycles. The number of carbonyl (C=O) groups is 1. The summed E-state index contributed by atoms with van der Waals surface area (Å²) in [6.07, 6.45) is -0.562. The van der Waals surface area contributed by atoms with E-state index < -0.39 is 11.0 Å². The minimum Gasteiger partial charge on any atom is -0.485 e. The molecule has 1 radical (unpaired) electrons. The summed E-state index contributed by atoms with van der Waals surface area (Å²) in [5.74, 6) is 0.116. The number of rotatable bonds is 7. The van der Waals surface area contributed by atoms with E-state index in [2.05, 4.69) is 36.5 Å². The monoisotopic (exact) mass is 417 g/mol. The summed E-state index contributed by atoms with van der Waals surface area (Å²) >= 11 is 0. The van der Waals surface area contributed by atoms with Crippen LogP contribution in [0.15, 0.2) is 66.7 Å². The van der Waals surface area contributed by atoms with Gasteiger partial charge in [0.15, 0.2) is 5.75 Å². The fraction of sp³-hybridized carbons (Fsp3) is 0.167. The first-order valence-corrected chi connectivity index (χ1v) is 9.86. The molecule has 0 bridgehead atoms. The summed E-state index contributed by atoms with van der Waals surface area (Å²) < 4.78 is 10.9. The predicted octanol–water partition coefficient (Wildman–Crippen LogP) is 4.69. The maximum Gasteiger partial charge on any atom is 0.407 e. The summed E-state index contributed by atoms with van der Waals surface area (Å²) in [5.41, 5.74) is 4.97. The number of nitro groups is 1. The lowest BCUT2D eigenvalue weighted by Crippen LogP contribution is -2.30. The second-order valence-electron chi connectivity index (χ2n) is 7.16. The van der Waals surface area contributed by atoms with Crippen LogP contribution < -0.4 is 10.1 Å². The highest BCUT2D eigenvalue weighted by atomic mass is 16.6. The van der Waals surface area contributed by atoms with Gasteiger partial charge in [-0.25, -0.2) is 4.79 Å². The number of hydrogen-bond donors (Lipinski definition) is 1. The SMILES string of the molecule is [CH2]c1ccc(OCCNC(=O)OCC2c3ccccc3-c3ccccc32)c([N+](=O)[O-])c1. The molecule has 1 aliphatic carbocycles. The molecule has 0 aliphatic heterocycles. The van der Waals surface area contributed by atoms with Gasteiger partial charge in [-0.15, -0.1) is 0 Å². The van der Waals surface area contributed by atoms with Gasteiger partial charge >= 0.3 is 11.8 Å². The average molecular weight is 417 g/mol. The highest BCUT2D eigenvalue weighted by Gasteiger charge is 2.28. The third-order valence-corrected chi connectivity index (χ3v) is 5.19. The van der Waals surface area contributed by atoms with Gasteiger partial charge < -0.3 is 14.8 Å². The number of ether oxygens (including phenoxy) is 2. The number of nitrogens with one attached hydrogen (secondary N) is 1. The summed E-state index contributed by atoms with van der Waals surface area (Å²) in [5, 5.41) is 13.7. The summed E-state index contributed by atoms with van der Waals surface area (Å²) in [7, 11) is 0. The standard InChI is InChI=1S/C24H21N2O5/c1-16-10-11-23(22(14-16)26(28)29)30-13-12-25-24(27)31-15-21-19-8-4-2-6-17(19)18-7-3-5-9-20(18)21/h2-11,14,21H,1,12-13,15H2,(H,25,27). The predicted molar refractivity (Wildman–Crippen MR) is 116 cm³/mol. The van der Waals surface area contributed by atoms with Crippen molar-refractivity contribution in [2.75, 3.05) is 19.8 Å². The first-order valence-electron chi connectivity index (χ1n) is 9.86. The van der Waals surface area contributed by atoms with Crippen molar-refractivity contribution in [3.63, 3.8) is 0 Å². The Hall–Kier alpha value is -3.87. The molecular weight excluding hydrogens is 396 g/mol. The second-order valence-corrected chi connectivity index (χ2v) is 7.16. The van der Waals surface area contributed by atoms with E-state index in [0.29, 0.717) is 5.56 Å². The van der Waals surface area contributed by atoms with Gasteiger partial charge in [-0.3, -0.25) is 10.1 Å². The molecule has 0 heterocycles. The summed E-state index contributed by atoms with van der Waals surface area (Å²) in [4.78, 5) is 22.7. The van der Waals surface area contributed by atoms with Gasteiger partial charge in [0.25, 0.3) is 0 Å². The maximum atomic E-state index is 12.1. The topological polar surface area (TPSA) is 90.7 Å². The van der Waals surface area contributed by atoms with Crippen molar-refractivity contribution in [2.24, 2.45) is 0 Å². The van der Waals surface area contributed by atoms with Gasteiger partial charge in [-0.1, -0.05) is 54.6 Å². The van der Waals surface area contributed by atoms with Crippen molar-refractivity contribution < 1.29 is 19.2 Å². The van der Waals surface area contributed by atoms with E-state index in [1.165, 1.54) is 12.1 Å². The molecule has 7 heteroatoms. The number of nitrogens with zero attached hydrogens (tertiary/aromatic N) is 1. The Bertz CT molecular complexity index is 1080. The quantitative estimate of drug-likeness (QED) is 0.342. The fourth-order valence-electron chi connectivity index (χ4n) is 3.79. The van der Waals surface area contributed by atoms with E-state index in [-0.39, 0.29) is 37.1 Å². The van der Waals surface area contributed by atoms with Crippen LogP contribution >= 0.6 is 0 Å². The van der Waals surface area contributed by atoms with E-state index in [0.717, 1.165) is 22.3 Å². The number of fused-ring (bicyclic) bond motifs is 3. The Morgan fingerprint density at radius 3 is 2.32 bits per heavy atom. The molecule has 0 aromatic heterocycles. The number of benzene rings is 3. The molecule has 1 aliphatic rings. The zero-order chi connectivity index (χ0) is 21.8. The minimum atomic E-state index is -0.562. The van der Waals surface area contributed by atoms with Gasteiger partial charge in [0.2, 0.25) is 0 Å². The summed E-state index contributed by atoms with van der Waals surface area (Å²) in [6.45, 7) is 4.12. The Labute approximate surface area is 179 Å². The molecular formula is C24H21N2O5. The van der Waals surface area contributed by atoms with Gasteiger partial charge in [-0.05, 0) is 40.8 Å². The van der Waals surface area contributed by atoms with Crippen LogP contribution in [-0.4, -0.2) is 30.8 Å². The van der Waals surface area contributed by atoms with Crippen molar-refractivity contribution in [1.29, 1.82) is 0 Å². The molecule has 0 fully saturated rings. The van der Waals surface area contributed by atoms with Crippen LogP contribution in [0.2, 0.25) is 0 Å². The summed E-state index contributed by atoms with van der Waals surface area (Å²) in [6, 6.07) is 20.7. The maximum absolute atomic E-state index is 12.1. The Kier molecular flexibility index (Phi) is 5.84. The molecule has 7 nitrogen and oxygen atoms in total. The molecule has 0 saturated heterocycles. The number of amides is 1. The van der Waals surface area contributed by atoms with E-state index in [4.69, 9.17) is 9.47 Å². The molecule has 0 saturated carbocycles. The zero-order valence-electron chi connectivity index (χ0n) is 16.7. The van der Waals surface area contributed by atoms with Gasteiger partial charge in [0.05, 0.1) is 11.5 Å². The molecule has 157 valence electrons. The highest BCUT2D eigenvalue weighted by molar-refractivity contribution is 5.79. The van der Waals surface area contributed by atoms with Crippen LogP contribution in [-0.2, 0) is 4.74 Å². The smallest absolute Gasteiger partial charge is 0.407 e. The lowest BCUT2D eigenvalue weighted by Gasteiger charge is -2.14. The van der Waals surface area contributed by atoms with Gasteiger partial charge in [0.1, 0.15) is 13.2 Å². The fourth-order valence-corrected chi connectivity index (χ4v) is 3.79. The van der Waals surface area contributed by atoms with Crippen LogP contribution in [0, 0.1) is 17.0 Å². The first kappa shape index (κ1) is 20.4. The average Bonchev–Trinajstić information content (AvgIpc) is 3.10. The van der Waals surface area contributed by atoms with E-state index in [9.17, 15) is 14.9 Å². The normalized spacial score (nSPS) is 12.0. The largest absolute Gasteiger partial charge is 0.485 e. The Morgan fingerprint density at radius 1 is 1.03 bits per heavy atom. The Balaban J connectivity index is 1.30. The van der Waals surface area contributed by atoms with E-state index in [1.54, 1.807) is 6.07 Å². The third-order valence-electron chi connectivity index (χ3n) is 5.19. The molecule has 3 aromatic rings. The lowest BCUT2D eigenvalue weighted by molar-refractivity contribution is -0.385. The number of carbonyl (C=O) groups excluding carboxylic acids is 1. The van der Waals surface area contributed by atoms with Crippen molar-refractivity contribution in [2.45, 2.75) is 5.92 Å². The Morgan fingerprint density at radius 2 is 1.68 bits per heavy atom. The van der Waals surface area contributed by atoms with Crippen LogP contribution in [0.4, 0.5) is 10.5 Å². The van der Waals surface area contributed by atoms with Crippen molar-refractivity contribution in [3.05, 3.63) is 100 Å². The second kappa shape index (κ2) is 8.87. The van der Waals surface area contributed by atoms with Gasteiger partial charge in [0, 0.05) is 12.0 Å². The van der Waals surface area contributed by atoms with Crippen molar-refractivity contribution in [3.8, 4) is 16.9 Å². The number of nitro benzene ring substituents is 1. The molecule has 0 unspecified atom stereocenters. The number of alkyl carbamates (subject to hydrolysis) is 1. The first-order chi connectivity index (χ1) is 15.0. The van der Waals surface area contributed by atoms with Crippen LogP contribution in [0.5, 0.6) is 5.75 Å². The molecule has 4 rings (SSSR count). The lowest BCUT2D eigenvalue weighted by atomic mass is 9.98. The molecule has 1 amide bonds. The number of hydrogen-bond acceptors (Lipinski definition) is 5. The molecule has 31 heavy (non-hydrogen) atoms. The third kappa shape index (κ3) is 4.35. The minimum absolute atomic E-state index is 0.0155. The van der Waals surface area contributed by atoms with Crippen LogP contribution in [0.3, 0.4) is 0 Å². The molecule has 0 atom stereocenters. The molecule has 0 spiro atoms. The van der Waals surface area contributed by atoms with E-state index >= 15 is 0 Å². The highest BCUT2D eigenvalue weighted by Crippen LogP contribution is 2.44. The van der Waals surface area contributed by atoms with Crippen LogP contribution in [0.1, 0.15) is 22.6 Å². The zero-order valence-corrected chi connectivity index (χ0v) is 16.7. The van der Waals surface area contributed by atoms with Crippen LogP contribution in [0.25, 0.3) is 11.1 Å². The van der Waals surface area contributed by atoms with Crippen molar-refractivity contribution in [1.82, 2.24) is 5.32 Å². The molecule has 1 N–H and O–H groups in total. The van der Waals surface area contributed by atoms with E-state index in [1.807, 2.05) is 24.3 Å². The van der Waals surface area contributed by atoms with Gasteiger partial charge in [-0.2, -0.15) is 0 Å². The van der Waals surface area contributed by atoms with Crippen molar-refractivity contribution >= 4 is 11.8 Å².